The monoisotopic (exact) mass is 280 g/mol. The van der Waals surface area contributed by atoms with Crippen LogP contribution in [-0.4, -0.2) is 23.4 Å². The standard InChI is InChI=1S/C13H16N2O5/c1-3-4-13(17)20-8-12(16)14-11-7-10(15(18)19)6-5-9(11)2/h5-7H,3-4,8H2,1-2H3,(H,14,16). The van der Waals surface area contributed by atoms with Crippen molar-refractivity contribution in [1.82, 2.24) is 0 Å². The zero-order valence-corrected chi connectivity index (χ0v) is 11.3. The third-order valence-corrected chi connectivity index (χ3v) is 2.52. The van der Waals surface area contributed by atoms with Gasteiger partial charge in [0, 0.05) is 18.6 Å². The molecule has 7 heteroatoms. The molecule has 1 N–H and O–H groups in total. The molecule has 0 fully saturated rings. The summed E-state index contributed by atoms with van der Waals surface area (Å²) in [4.78, 5) is 32.8. The Bertz CT molecular complexity index is 527. The van der Waals surface area contributed by atoms with Crippen molar-refractivity contribution in [3.8, 4) is 0 Å². The first kappa shape index (κ1) is 15.6. The molecule has 0 unspecified atom stereocenters. The lowest BCUT2D eigenvalue weighted by Gasteiger charge is -2.08. The number of hydrogen-bond donors (Lipinski definition) is 1. The molecule has 1 rings (SSSR count). The third kappa shape index (κ3) is 4.68. The lowest BCUT2D eigenvalue weighted by Crippen LogP contribution is -2.21. The molecular formula is C13H16N2O5. The van der Waals surface area contributed by atoms with Crippen molar-refractivity contribution in [2.45, 2.75) is 26.7 Å². The summed E-state index contributed by atoms with van der Waals surface area (Å²) in [6, 6.07) is 4.16. The van der Waals surface area contributed by atoms with Gasteiger partial charge in [-0.2, -0.15) is 0 Å². The van der Waals surface area contributed by atoms with Crippen molar-refractivity contribution in [3.05, 3.63) is 33.9 Å². The first-order valence-electron chi connectivity index (χ1n) is 6.14. The van der Waals surface area contributed by atoms with Crippen molar-refractivity contribution in [2.75, 3.05) is 11.9 Å². The van der Waals surface area contributed by atoms with Gasteiger partial charge in [-0.1, -0.05) is 13.0 Å². The topological polar surface area (TPSA) is 98.5 Å². The van der Waals surface area contributed by atoms with E-state index in [1.54, 1.807) is 6.92 Å². The molecule has 7 nitrogen and oxygen atoms in total. The van der Waals surface area contributed by atoms with Crippen molar-refractivity contribution < 1.29 is 19.2 Å². The molecule has 1 amide bonds. The Labute approximate surface area is 116 Å². The van der Waals surface area contributed by atoms with E-state index in [4.69, 9.17) is 4.74 Å². The predicted molar refractivity (Wildman–Crippen MR) is 72.3 cm³/mol. The van der Waals surface area contributed by atoms with Crippen LogP contribution in [0.2, 0.25) is 0 Å². The quantitative estimate of drug-likeness (QED) is 0.489. The fraction of sp³-hybridized carbons (Fsp3) is 0.385. The van der Waals surface area contributed by atoms with Gasteiger partial charge >= 0.3 is 5.97 Å². The number of aryl methyl sites for hydroxylation is 1. The second-order valence-electron chi connectivity index (χ2n) is 4.22. The summed E-state index contributed by atoms with van der Waals surface area (Å²) in [6.45, 7) is 3.14. The molecule has 0 radical (unpaired) electrons. The number of amides is 1. The molecule has 0 aliphatic heterocycles. The molecule has 0 aliphatic carbocycles. The summed E-state index contributed by atoms with van der Waals surface area (Å²) < 4.78 is 4.75. The van der Waals surface area contributed by atoms with Gasteiger partial charge in [-0.15, -0.1) is 0 Å². The minimum atomic E-state index is -0.545. The van der Waals surface area contributed by atoms with Crippen molar-refractivity contribution >= 4 is 23.3 Å². The van der Waals surface area contributed by atoms with E-state index >= 15 is 0 Å². The average molecular weight is 280 g/mol. The highest BCUT2D eigenvalue weighted by Crippen LogP contribution is 2.21. The number of carbonyl (C=O) groups excluding carboxylic acids is 2. The fourth-order valence-corrected chi connectivity index (χ4v) is 1.47. The Kier molecular flexibility index (Phi) is 5.64. The van der Waals surface area contributed by atoms with Crippen molar-refractivity contribution in [2.24, 2.45) is 0 Å². The van der Waals surface area contributed by atoms with E-state index in [1.165, 1.54) is 18.2 Å². The van der Waals surface area contributed by atoms with E-state index in [9.17, 15) is 19.7 Å². The average Bonchev–Trinajstić information content (AvgIpc) is 2.39. The number of rotatable bonds is 6. The summed E-state index contributed by atoms with van der Waals surface area (Å²) in [7, 11) is 0. The number of nitro groups is 1. The molecule has 20 heavy (non-hydrogen) atoms. The summed E-state index contributed by atoms with van der Waals surface area (Å²) in [5.41, 5.74) is 0.897. The van der Waals surface area contributed by atoms with Crippen molar-refractivity contribution in [3.63, 3.8) is 0 Å². The molecule has 1 aromatic rings. The van der Waals surface area contributed by atoms with Crippen LogP contribution in [0.5, 0.6) is 0 Å². The molecule has 0 aliphatic rings. The number of ether oxygens (including phenoxy) is 1. The maximum Gasteiger partial charge on any atom is 0.306 e. The number of nitro benzene ring substituents is 1. The molecule has 0 saturated heterocycles. The maximum atomic E-state index is 11.6. The van der Waals surface area contributed by atoms with Crippen LogP contribution < -0.4 is 5.32 Å². The summed E-state index contributed by atoms with van der Waals surface area (Å²) in [5.74, 6) is -0.975. The van der Waals surface area contributed by atoms with Crippen LogP contribution >= 0.6 is 0 Å². The molecule has 108 valence electrons. The lowest BCUT2D eigenvalue weighted by atomic mass is 10.2. The smallest absolute Gasteiger partial charge is 0.306 e. The highest BCUT2D eigenvalue weighted by atomic mass is 16.6. The molecule has 0 atom stereocenters. The van der Waals surface area contributed by atoms with Crippen LogP contribution in [0.1, 0.15) is 25.3 Å². The number of hydrogen-bond acceptors (Lipinski definition) is 5. The molecule has 0 saturated carbocycles. The number of esters is 1. The zero-order valence-electron chi connectivity index (χ0n) is 11.3. The van der Waals surface area contributed by atoms with Crippen LogP contribution in [0.25, 0.3) is 0 Å². The first-order chi connectivity index (χ1) is 9.43. The molecule has 0 heterocycles. The van der Waals surface area contributed by atoms with Gasteiger partial charge in [0.2, 0.25) is 0 Å². The SMILES string of the molecule is CCCC(=O)OCC(=O)Nc1cc([N+](=O)[O-])ccc1C. The lowest BCUT2D eigenvalue weighted by molar-refractivity contribution is -0.384. The number of non-ortho nitro benzene ring substituents is 1. The normalized spacial score (nSPS) is 9.90. The molecule has 0 spiro atoms. The Balaban J connectivity index is 2.63. The van der Waals surface area contributed by atoms with E-state index in [-0.39, 0.29) is 12.1 Å². The van der Waals surface area contributed by atoms with Gasteiger partial charge < -0.3 is 10.1 Å². The molecule has 0 bridgehead atoms. The van der Waals surface area contributed by atoms with E-state index in [0.29, 0.717) is 17.7 Å². The highest BCUT2D eigenvalue weighted by molar-refractivity contribution is 5.93. The van der Waals surface area contributed by atoms with Crippen LogP contribution in [0, 0.1) is 17.0 Å². The van der Waals surface area contributed by atoms with Crippen LogP contribution in [-0.2, 0) is 14.3 Å². The van der Waals surface area contributed by atoms with Gasteiger partial charge in [0.05, 0.1) is 10.6 Å². The predicted octanol–water partition coefficient (Wildman–Crippen LogP) is 2.19. The number of carbonyl (C=O) groups is 2. The maximum absolute atomic E-state index is 11.6. The Hall–Kier alpha value is -2.44. The van der Waals surface area contributed by atoms with Gasteiger partial charge in [-0.25, -0.2) is 0 Å². The minimum Gasteiger partial charge on any atom is -0.456 e. The molecular weight excluding hydrogens is 264 g/mol. The Morgan fingerprint density at radius 3 is 2.70 bits per heavy atom. The summed E-state index contributed by atoms with van der Waals surface area (Å²) >= 11 is 0. The van der Waals surface area contributed by atoms with Gasteiger partial charge in [-0.05, 0) is 18.9 Å². The van der Waals surface area contributed by atoms with Gasteiger partial charge in [0.25, 0.3) is 11.6 Å². The van der Waals surface area contributed by atoms with E-state index in [0.717, 1.165) is 0 Å². The van der Waals surface area contributed by atoms with Crippen LogP contribution in [0.15, 0.2) is 18.2 Å². The first-order valence-corrected chi connectivity index (χ1v) is 6.14. The highest BCUT2D eigenvalue weighted by Gasteiger charge is 2.12. The number of benzene rings is 1. The summed E-state index contributed by atoms with van der Waals surface area (Å²) in [6.07, 6.45) is 0.896. The van der Waals surface area contributed by atoms with E-state index in [2.05, 4.69) is 5.32 Å². The second-order valence-corrected chi connectivity index (χ2v) is 4.22. The Morgan fingerprint density at radius 1 is 1.40 bits per heavy atom. The van der Waals surface area contributed by atoms with Crippen LogP contribution in [0.3, 0.4) is 0 Å². The zero-order chi connectivity index (χ0) is 15.1. The fourth-order valence-electron chi connectivity index (χ4n) is 1.47. The Morgan fingerprint density at radius 2 is 2.10 bits per heavy atom. The van der Waals surface area contributed by atoms with Gasteiger partial charge in [-0.3, -0.25) is 19.7 Å². The third-order valence-electron chi connectivity index (χ3n) is 2.52. The van der Waals surface area contributed by atoms with E-state index < -0.39 is 23.4 Å². The van der Waals surface area contributed by atoms with Crippen LogP contribution in [0.4, 0.5) is 11.4 Å². The number of nitrogens with zero attached hydrogens (tertiary/aromatic N) is 1. The molecule has 0 aromatic heterocycles. The van der Waals surface area contributed by atoms with Crippen molar-refractivity contribution in [1.29, 1.82) is 0 Å². The summed E-state index contributed by atoms with van der Waals surface area (Å²) in [5, 5.41) is 13.1. The number of anilines is 1. The largest absolute Gasteiger partial charge is 0.456 e. The number of nitrogens with one attached hydrogen (secondary N) is 1. The minimum absolute atomic E-state index is 0.117. The van der Waals surface area contributed by atoms with E-state index in [1.807, 2.05) is 6.92 Å². The van der Waals surface area contributed by atoms with Gasteiger partial charge in [0.15, 0.2) is 6.61 Å². The second kappa shape index (κ2) is 7.22. The van der Waals surface area contributed by atoms with Gasteiger partial charge in [0.1, 0.15) is 0 Å². The molecule has 1 aromatic carbocycles.